The molecule has 0 aromatic rings. The second-order valence-electron chi connectivity index (χ2n) is 2.01. The highest BCUT2D eigenvalue weighted by molar-refractivity contribution is 9.09. The van der Waals surface area contributed by atoms with Gasteiger partial charge in [0.05, 0.1) is 11.9 Å². The number of hydrogen-bond donors (Lipinski definition) is 1. The smallest absolute Gasteiger partial charge is 0.373 e. The van der Waals surface area contributed by atoms with E-state index in [4.69, 9.17) is 10.5 Å². The molecular weight excluding hydrogens is 238 g/mol. The van der Waals surface area contributed by atoms with Gasteiger partial charge in [0.1, 0.15) is 5.76 Å². The van der Waals surface area contributed by atoms with Crippen LogP contribution in [0.4, 0.5) is 0 Å². The third-order valence-electron chi connectivity index (χ3n) is 1.07. The zero-order valence-electron chi connectivity index (χ0n) is 7.38. The van der Waals surface area contributed by atoms with Crippen molar-refractivity contribution in [1.82, 2.24) is 0 Å². The first-order chi connectivity index (χ1) is 6.15. The quantitative estimate of drug-likeness (QED) is 0.345. The molecule has 0 fully saturated rings. The second kappa shape index (κ2) is 6.54. The molecule has 0 rings (SSSR count). The summed E-state index contributed by atoms with van der Waals surface area (Å²) < 4.78 is 9.63. The van der Waals surface area contributed by atoms with Crippen molar-refractivity contribution in [3.05, 3.63) is 24.3 Å². The Labute approximate surface area is 85.5 Å². The summed E-state index contributed by atoms with van der Waals surface area (Å²) >= 11 is 3.13. The van der Waals surface area contributed by atoms with Gasteiger partial charge in [-0.15, -0.1) is 0 Å². The molecule has 0 aliphatic carbocycles. The summed E-state index contributed by atoms with van der Waals surface area (Å²) in [6.45, 7) is 5.39. The number of allylic oxidation sites excluding steroid dienone is 1. The Morgan fingerprint density at radius 3 is 2.69 bits per heavy atom. The molecular formula is C8H12BrNO3. The van der Waals surface area contributed by atoms with E-state index in [9.17, 15) is 4.79 Å². The topological polar surface area (TPSA) is 61.5 Å². The molecule has 0 spiro atoms. The molecule has 0 amide bonds. The van der Waals surface area contributed by atoms with Crippen LogP contribution in [0.2, 0.25) is 0 Å². The van der Waals surface area contributed by atoms with Crippen molar-refractivity contribution in [3.63, 3.8) is 0 Å². The fourth-order valence-electron chi connectivity index (χ4n) is 0.517. The van der Waals surface area contributed by atoms with Crippen molar-refractivity contribution in [1.29, 1.82) is 0 Å². The van der Waals surface area contributed by atoms with Gasteiger partial charge in [0.25, 0.3) is 0 Å². The molecule has 0 bridgehead atoms. The first kappa shape index (κ1) is 12.0. The first-order valence-corrected chi connectivity index (χ1v) is 4.78. The Hall–Kier alpha value is -0.970. The lowest BCUT2D eigenvalue weighted by atomic mass is 10.5. The highest BCUT2D eigenvalue weighted by Crippen LogP contribution is 2.07. The van der Waals surface area contributed by atoms with Crippen molar-refractivity contribution in [3.8, 4) is 0 Å². The van der Waals surface area contributed by atoms with E-state index in [1.807, 2.05) is 0 Å². The molecule has 4 nitrogen and oxygen atoms in total. The lowest BCUT2D eigenvalue weighted by Crippen LogP contribution is -2.10. The van der Waals surface area contributed by atoms with E-state index in [1.165, 1.54) is 6.20 Å². The Balaban J connectivity index is 4.06. The fourth-order valence-corrected chi connectivity index (χ4v) is 0.819. The molecule has 5 heteroatoms. The van der Waals surface area contributed by atoms with Gasteiger partial charge in [0.2, 0.25) is 5.76 Å². The molecule has 0 saturated heterocycles. The zero-order chi connectivity index (χ0) is 10.3. The third-order valence-corrected chi connectivity index (χ3v) is 1.63. The number of carbonyl (C=O) groups excluding carboxylic acids is 1. The summed E-state index contributed by atoms with van der Waals surface area (Å²) in [5.41, 5.74) is 5.20. The summed E-state index contributed by atoms with van der Waals surface area (Å²) in [4.78, 5) is 11.0. The molecule has 0 aliphatic heterocycles. The molecule has 0 radical (unpaired) electrons. The molecule has 0 unspecified atom stereocenters. The normalized spacial score (nSPS) is 10.8. The highest BCUT2D eigenvalue weighted by atomic mass is 79.9. The van der Waals surface area contributed by atoms with E-state index in [-0.39, 0.29) is 12.4 Å². The summed E-state index contributed by atoms with van der Waals surface area (Å²) in [5, 5.41) is 0.419. The van der Waals surface area contributed by atoms with Crippen LogP contribution in [-0.4, -0.2) is 17.9 Å². The number of halogens is 1. The Morgan fingerprint density at radius 1 is 1.69 bits per heavy atom. The van der Waals surface area contributed by atoms with E-state index in [1.54, 1.807) is 6.92 Å². The van der Waals surface area contributed by atoms with E-state index >= 15 is 0 Å². The molecule has 2 N–H and O–H groups in total. The van der Waals surface area contributed by atoms with Gasteiger partial charge in [-0.1, -0.05) is 15.9 Å². The molecule has 0 saturated carbocycles. The highest BCUT2D eigenvalue weighted by Gasteiger charge is 2.10. The fraction of sp³-hybridized carbons (Fsp3) is 0.375. The Kier molecular flexibility index (Phi) is 6.05. The maximum Gasteiger partial charge on any atom is 0.373 e. The van der Waals surface area contributed by atoms with Crippen LogP contribution in [-0.2, 0) is 14.3 Å². The summed E-state index contributed by atoms with van der Waals surface area (Å²) in [6, 6.07) is 0. The van der Waals surface area contributed by atoms with Gasteiger partial charge >= 0.3 is 5.97 Å². The molecule has 13 heavy (non-hydrogen) atoms. The summed E-state index contributed by atoms with van der Waals surface area (Å²) in [7, 11) is 0. The van der Waals surface area contributed by atoms with E-state index in [2.05, 4.69) is 27.2 Å². The van der Waals surface area contributed by atoms with E-state index in [0.29, 0.717) is 11.1 Å². The Bertz CT molecular complexity index is 225. The Morgan fingerprint density at radius 2 is 2.31 bits per heavy atom. The SMILES string of the molecule is C=C(O/C(=C\N)CBr)C(=O)OCC. The van der Waals surface area contributed by atoms with Gasteiger partial charge in [-0.3, -0.25) is 0 Å². The number of carbonyl (C=O) groups is 1. The van der Waals surface area contributed by atoms with Crippen molar-refractivity contribution >= 4 is 21.9 Å². The van der Waals surface area contributed by atoms with Crippen molar-refractivity contribution in [2.75, 3.05) is 11.9 Å². The standard InChI is InChI=1S/C8H12BrNO3/c1-3-12-8(11)6(2)13-7(4-9)5-10/h5H,2-4,10H2,1H3/b7-5-. The van der Waals surface area contributed by atoms with Gasteiger partial charge in [0, 0.05) is 6.20 Å². The van der Waals surface area contributed by atoms with Crippen LogP contribution in [0.15, 0.2) is 24.3 Å². The minimum Gasteiger partial charge on any atom is -0.460 e. The first-order valence-electron chi connectivity index (χ1n) is 3.66. The average molecular weight is 250 g/mol. The third kappa shape index (κ3) is 4.57. The lowest BCUT2D eigenvalue weighted by Gasteiger charge is -2.08. The molecule has 74 valence electrons. The molecule has 0 heterocycles. The predicted molar refractivity (Wildman–Crippen MR) is 52.9 cm³/mol. The number of esters is 1. The van der Waals surface area contributed by atoms with E-state index < -0.39 is 5.97 Å². The zero-order valence-corrected chi connectivity index (χ0v) is 8.96. The molecule has 0 aromatic heterocycles. The van der Waals surface area contributed by atoms with Crippen LogP contribution in [0, 0.1) is 0 Å². The van der Waals surface area contributed by atoms with Crippen LogP contribution in [0.25, 0.3) is 0 Å². The summed E-state index contributed by atoms with van der Waals surface area (Å²) in [6.07, 6.45) is 1.25. The largest absolute Gasteiger partial charge is 0.460 e. The van der Waals surface area contributed by atoms with Crippen molar-refractivity contribution in [2.45, 2.75) is 6.92 Å². The van der Waals surface area contributed by atoms with Crippen LogP contribution in [0.5, 0.6) is 0 Å². The van der Waals surface area contributed by atoms with Crippen molar-refractivity contribution in [2.24, 2.45) is 5.73 Å². The van der Waals surface area contributed by atoms with Gasteiger partial charge in [0.15, 0.2) is 0 Å². The number of ether oxygens (including phenoxy) is 2. The lowest BCUT2D eigenvalue weighted by molar-refractivity contribution is -0.141. The molecule has 0 aromatic carbocycles. The minimum absolute atomic E-state index is 0.0713. The van der Waals surface area contributed by atoms with E-state index in [0.717, 1.165) is 0 Å². The number of nitrogens with two attached hydrogens (primary N) is 1. The second-order valence-corrected chi connectivity index (χ2v) is 2.57. The monoisotopic (exact) mass is 249 g/mol. The van der Waals surface area contributed by atoms with Gasteiger partial charge in [-0.25, -0.2) is 4.79 Å². The average Bonchev–Trinajstić information content (AvgIpc) is 2.14. The predicted octanol–water partition coefficient (Wildman–Crippen LogP) is 1.27. The van der Waals surface area contributed by atoms with Gasteiger partial charge < -0.3 is 15.2 Å². The number of hydrogen-bond acceptors (Lipinski definition) is 4. The van der Waals surface area contributed by atoms with Crippen LogP contribution < -0.4 is 5.73 Å². The number of alkyl halides is 1. The maximum absolute atomic E-state index is 11.0. The van der Waals surface area contributed by atoms with Crippen LogP contribution in [0.3, 0.4) is 0 Å². The van der Waals surface area contributed by atoms with Crippen LogP contribution >= 0.6 is 15.9 Å². The van der Waals surface area contributed by atoms with Gasteiger partial charge in [-0.05, 0) is 13.5 Å². The minimum atomic E-state index is -0.581. The molecule has 0 aliphatic rings. The summed E-state index contributed by atoms with van der Waals surface area (Å²) in [5.74, 6) is -0.237. The number of rotatable bonds is 5. The van der Waals surface area contributed by atoms with Crippen molar-refractivity contribution < 1.29 is 14.3 Å². The molecule has 0 atom stereocenters. The van der Waals surface area contributed by atoms with Gasteiger partial charge in [-0.2, -0.15) is 0 Å². The maximum atomic E-state index is 11.0. The van der Waals surface area contributed by atoms with Crippen LogP contribution in [0.1, 0.15) is 6.92 Å².